The highest BCUT2D eigenvalue weighted by Gasteiger charge is 2.37. The lowest BCUT2D eigenvalue weighted by Crippen LogP contribution is -2.30. The molecular formula is C26H20O. The van der Waals surface area contributed by atoms with Crippen LogP contribution in [-0.2, 0) is 16.8 Å². The molecule has 1 nitrogen and oxygen atoms in total. The van der Waals surface area contributed by atoms with Crippen LogP contribution in [-0.4, -0.2) is 0 Å². The van der Waals surface area contributed by atoms with Crippen LogP contribution in [0.25, 0.3) is 5.57 Å². The molecule has 0 radical (unpaired) electrons. The second-order valence-electron chi connectivity index (χ2n) is 6.94. The molecule has 27 heavy (non-hydrogen) atoms. The van der Waals surface area contributed by atoms with Crippen molar-refractivity contribution in [2.24, 2.45) is 0 Å². The average Bonchev–Trinajstić information content (AvgIpc) is 2.93. The summed E-state index contributed by atoms with van der Waals surface area (Å²) < 4.78 is 6.79. The van der Waals surface area contributed by atoms with Crippen molar-refractivity contribution in [1.82, 2.24) is 0 Å². The third kappa shape index (κ3) is 2.63. The zero-order valence-corrected chi connectivity index (χ0v) is 15.0. The van der Waals surface area contributed by atoms with Gasteiger partial charge in [0, 0.05) is 16.7 Å². The Morgan fingerprint density at radius 2 is 1.30 bits per heavy atom. The van der Waals surface area contributed by atoms with Crippen LogP contribution in [0, 0.1) is 0 Å². The van der Waals surface area contributed by atoms with E-state index in [0.717, 1.165) is 28.9 Å². The number of rotatable bonds is 2. The summed E-state index contributed by atoms with van der Waals surface area (Å²) in [6, 6.07) is 29.5. The molecule has 0 unspecified atom stereocenters. The molecule has 0 fully saturated rings. The summed E-state index contributed by atoms with van der Waals surface area (Å²) in [6.45, 7) is 0. The molecule has 0 saturated heterocycles. The van der Waals surface area contributed by atoms with Crippen LogP contribution in [0.2, 0.25) is 0 Å². The maximum atomic E-state index is 6.79. The van der Waals surface area contributed by atoms with Crippen LogP contribution in [0.5, 0.6) is 0 Å². The van der Waals surface area contributed by atoms with E-state index in [2.05, 4.69) is 97.1 Å². The summed E-state index contributed by atoms with van der Waals surface area (Å²) in [7, 11) is 0. The topological polar surface area (TPSA) is 9.23 Å². The molecule has 0 saturated carbocycles. The van der Waals surface area contributed by atoms with Gasteiger partial charge in [-0.05, 0) is 35.8 Å². The van der Waals surface area contributed by atoms with Crippen molar-refractivity contribution in [1.29, 1.82) is 0 Å². The standard InChI is InChI=1S/C26H20O/c1-3-12-21(13-4-1)26(22-14-5-2-6-15-22)19-18-24-23-16-8-7-10-20(23)11-9-17-25(24)27-26/h1-10,12-19H,11H2. The Hall–Kier alpha value is -3.32. The first-order valence-corrected chi connectivity index (χ1v) is 9.35. The third-order valence-electron chi connectivity index (χ3n) is 5.34. The fourth-order valence-corrected chi connectivity index (χ4v) is 3.99. The number of hydrogen-bond acceptors (Lipinski definition) is 1. The van der Waals surface area contributed by atoms with Crippen molar-refractivity contribution >= 4 is 5.57 Å². The van der Waals surface area contributed by atoms with Crippen LogP contribution >= 0.6 is 0 Å². The molecule has 2 aliphatic rings. The smallest absolute Gasteiger partial charge is 0.178 e. The van der Waals surface area contributed by atoms with Gasteiger partial charge < -0.3 is 4.74 Å². The van der Waals surface area contributed by atoms with Gasteiger partial charge in [-0.1, -0.05) is 91.0 Å². The summed E-state index contributed by atoms with van der Waals surface area (Å²) in [4.78, 5) is 0. The molecule has 3 aromatic carbocycles. The number of allylic oxidation sites excluding steroid dienone is 4. The van der Waals surface area contributed by atoms with Gasteiger partial charge in [-0.25, -0.2) is 0 Å². The first-order chi connectivity index (χ1) is 13.4. The van der Waals surface area contributed by atoms with E-state index in [9.17, 15) is 0 Å². The molecule has 130 valence electrons. The quantitative estimate of drug-likeness (QED) is 0.548. The molecule has 1 aliphatic heterocycles. The second-order valence-corrected chi connectivity index (χ2v) is 6.94. The molecule has 5 rings (SSSR count). The summed E-state index contributed by atoms with van der Waals surface area (Å²) >= 11 is 0. The fourth-order valence-electron chi connectivity index (χ4n) is 3.99. The lowest BCUT2D eigenvalue weighted by Gasteiger charge is -2.36. The van der Waals surface area contributed by atoms with Crippen LogP contribution in [0.3, 0.4) is 0 Å². The van der Waals surface area contributed by atoms with Crippen molar-refractivity contribution in [3.05, 3.63) is 137 Å². The average molecular weight is 348 g/mol. The summed E-state index contributed by atoms with van der Waals surface area (Å²) in [5.74, 6) is 0.926. The minimum absolute atomic E-state index is 0.620. The van der Waals surface area contributed by atoms with Crippen LogP contribution < -0.4 is 0 Å². The van der Waals surface area contributed by atoms with Gasteiger partial charge in [0.1, 0.15) is 5.76 Å². The Balaban J connectivity index is 1.70. The lowest BCUT2D eigenvalue weighted by atomic mass is 9.83. The maximum Gasteiger partial charge on any atom is 0.178 e. The highest BCUT2D eigenvalue weighted by molar-refractivity contribution is 5.81. The van der Waals surface area contributed by atoms with Crippen molar-refractivity contribution in [3.8, 4) is 0 Å². The Morgan fingerprint density at radius 1 is 0.667 bits per heavy atom. The van der Waals surface area contributed by atoms with Gasteiger partial charge in [-0.2, -0.15) is 0 Å². The van der Waals surface area contributed by atoms with Gasteiger partial charge in [0.15, 0.2) is 5.60 Å². The Bertz CT molecular complexity index is 1020. The molecule has 0 bridgehead atoms. The SMILES string of the molecule is C1=CC2=C(C=CC(c3ccccc3)(c3ccccc3)O2)c2ccccc2C1. The largest absolute Gasteiger partial charge is 0.473 e. The van der Waals surface area contributed by atoms with Crippen molar-refractivity contribution in [2.75, 3.05) is 0 Å². The molecule has 3 aromatic rings. The molecule has 1 aliphatic carbocycles. The van der Waals surface area contributed by atoms with Crippen molar-refractivity contribution in [3.63, 3.8) is 0 Å². The minimum Gasteiger partial charge on any atom is -0.473 e. The number of hydrogen-bond donors (Lipinski definition) is 0. The third-order valence-corrected chi connectivity index (χ3v) is 5.34. The van der Waals surface area contributed by atoms with Gasteiger partial charge in [-0.15, -0.1) is 0 Å². The number of ether oxygens (including phenoxy) is 1. The molecule has 0 amide bonds. The minimum atomic E-state index is -0.620. The molecule has 0 N–H and O–H groups in total. The Kier molecular flexibility index (Phi) is 3.79. The molecule has 1 heterocycles. The summed E-state index contributed by atoms with van der Waals surface area (Å²) in [5, 5.41) is 0. The zero-order valence-electron chi connectivity index (χ0n) is 15.0. The van der Waals surface area contributed by atoms with E-state index < -0.39 is 5.60 Å². The molecular weight excluding hydrogens is 328 g/mol. The van der Waals surface area contributed by atoms with Gasteiger partial charge in [0.05, 0.1) is 0 Å². The van der Waals surface area contributed by atoms with Gasteiger partial charge >= 0.3 is 0 Å². The van der Waals surface area contributed by atoms with Crippen LogP contribution in [0.4, 0.5) is 0 Å². The van der Waals surface area contributed by atoms with E-state index in [1.54, 1.807) is 0 Å². The predicted octanol–water partition coefficient (Wildman–Crippen LogP) is 6.04. The normalized spacial score (nSPS) is 16.9. The molecule has 1 heteroatoms. The number of fused-ring (bicyclic) bond motifs is 2. The van der Waals surface area contributed by atoms with E-state index in [-0.39, 0.29) is 0 Å². The molecule has 0 aromatic heterocycles. The van der Waals surface area contributed by atoms with Gasteiger partial charge in [0.2, 0.25) is 0 Å². The van der Waals surface area contributed by atoms with Crippen LogP contribution in [0.15, 0.2) is 115 Å². The highest BCUT2D eigenvalue weighted by Crippen LogP contribution is 2.44. The number of benzene rings is 3. The highest BCUT2D eigenvalue weighted by atomic mass is 16.5. The molecule has 0 atom stereocenters. The molecule has 0 spiro atoms. The monoisotopic (exact) mass is 348 g/mol. The van der Waals surface area contributed by atoms with E-state index in [0.29, 0.717) is 0 Å². The fraction of sp³-hybridized carbons (Fsp3) is 0.0769. The van der Waals surface area contributed by atoms with Crippen molar-refractivity contribution < 1.29 is 4.74 Å². The Labute approximate surface area is 159 Å². The Morgan fingerprint density at radius 3 is 2.00 bits per heavy atom. The van der Waals surface area contributed by atoms with Gasteiger partial charge in [0.25, 0.3) is 0 Å². The maximum absolute atomic E-state index is 6.79. The zero-order chi connectivity index (χ0) is 18.1. The summed E-state index contributed by atoms with van der Waals surface area (Å²) in [5.41, 5.74) is 5.38. The van der Waals surface area contributed by atoms with Crippen LogP contribution in [0.1, 0.15) is 22.3 Å². The van der Waals surface area contributed by atoms with E-state index >= 15 is 0 Å². The predicted molar refractivity (Wildman–Crippen MR) is 110 cm³/mol. The summed E-state index contributed by atoms with van der Waals surface area (Å²) in [6.07, 6.45) is 9.67. The lowest BCUT2D eigenvalue weighted by molar-refractivity contribution is 0.0855. The second kappa shape index (κ2) is 6.44. The van der Waals surface area contributed by atoms with E-state index in [1.807, 2.05) is 12.1 Å². The first-order valence-electron chi connectivity index (χ1n) is 9.35. The first kappa shape index (κ1) is 15.9. The van der Waals surface area contributed by atoms with E-state index in [4.69, 9.17) is 4.74 Å². The van der Waals surface area contributed by atoms with Gasteiger partial charge in [-0.3, -0.25) is 0 Å². The van der Waals surface area contributed by atoms with Crippen molar-refractivity contribution in [2.45, 2.75) is 12.0 Å². The van der Waals surface area contributed by atoms with E-state index in [1.165, 1.54) is 11.1 Å².